The quantitative estimate of drug-likeness (QED) is 0.314. The topological polar surface area (TPSA) is 65.1 Å². The van der Waals surface area contributed by atoms with E-state index in [4.69, 9.17) is 14.2 Å². The van der Waals surface area contributed by atoms with E-state index in [1.54, 1.807) is 11.8 Å². The van der Waals surface area contributed by atoms with Crippen LogP contribution in [-0.4, -0.2) is 33.6 Å². The summed E-state index contributed by atoms with van der Waals surface area (Å²) in [5.41, 5.74) is 2.70. The van der Waals surface area contributed by atoms with Crippen molar-refractivity contribution in [3.8, 4) is 0 Å². The van der Waals surface area contributed by atoms with Gasteiger partial charge in [0.2, 0.25) is 5.79 Å². The Balaban J connectivity index is 1.54. The lowest BCUT2D eigenvalue weighted by Gasteiger charge is -2.38. The van der Waals surface area contributed by atoms with Crippen molar-refractivity contribution in [2.45, 2.75) is 42.3 Å². The van der Waals surface area contributed by atoms with E-state index in [0.717, 1.165) is 16.7 Å². The summed E-state index contributed by atoms with van der Waals surface area (Å²) in [4.78, 5) is 27.0. The number of hydrogen-bond donors (Lipinski definition) is 0. The Morgan fingerprint density at radius 2 is 1.44 bits per heavy atom. The molecule has 2 saturated heterocycles. The molecule has 0 saturated carbocycles. The summed E-state index contributed by atoms with van der Waals surface area (Å²) in [7, 11) is 0. The maximum absolute atomic E-state index is 13.4. The SMILES string of the molecule is C[C@@]1(OCc2ccccc2)OC(=O)[C@@H](Br)[C@H]1N1C(=O)O[C@@H](c2ccccc2)[C@H]1c1ccccc1. The molecule has 2 aliphatic heterocycles. The summed E-state index contributed by atoms with van der Waals surface area (Å²) in [5.74, 6) is -1.86. The maximum Gasteiger partial charge on any atom is 0.411 e. The molecule has 0 spiro atoms. The number of halogens is 1. The van der Waals surface area contributed by atoms with E-state index in [1.807, 2.05) is 91.0 Å². The van der Waals surface area contributed by atoms with Crippen LogP contribution in [0.5, 0.6) is 0 Å². The van der Waals surface area contributed by atoms with Crippen LogP contribution in [-0.2, 0) is 25.6 Å². The number of esters is 1. The third kappa shape index (κ3) is 4.10. The average Bonchev–Trinajstić information content (AvgIpc) is 3.31. The van der Waals surface area contributed by atoms with Crippen LogP contribution in [0.3, 0.4) is 0 Å². The number of alkyl halides is 1. The average molecular weight is 522 g/mol. The molecule has 2 aliphatic rings. The summed E-state index contributed by atoms with van der Waals surface area (Å²) >= 11 is 3.48. The molecule has 0 aromatic heterocycles. The molecule has 3 aromatic carbocycles. The van der Waals surface area contributed by atoms with Gasteiger partial charge in [-0.1, -0.05) is 107 Å². The molecule has 2 heterocycles. The van der Waals surface area contributed by atoms with Crippen molar-refractivity contribution in [1.29, 1.82) is 0 Å². The third-order valence-corrected chi connectivity index (χ3v) is 7.18. The summed E-state index contributed by atoms with van der Waals surface area (Å²) in [6.45, 7) is 1.92. The monoisotopic (exact) mass is 521 g/mol. The zero-order chi connectivity index (χ0) is 23.7. The van der Waals surface area contributed by atoms with Crippen LogP contribution in [0.2, 0.25) is 0 Å². The van der Waals surface area contributed by atoms with Crippen LogP contribution in [0, 0.1) is 0 Å². The number of benzene rings is 3. The fourth-order valence-electron chi connectivity index (χ4n) is 4.68. The largest absolute Gasteiger partial charge is 0.439 e. The number of cyclic esters (lactones) is 2. The molecule has 2 fully saturated rings. The molecule has 1 amide bonds. The van der Waals surface area contributed by atoms with E-state index in [2.05, 4.69) is 15.9 Å². The fraction of sp³-hybridized carbons (Fsp3) is 0.259. The van der Waals surface area contributed by atoms with Crippen molar-refractivity contribution < 1.29 is 23.8 Å². The van der Waals surface area contributed by atoms with Gasteiger partial charge in [-0.3, -0.25) is 9.69 Å². The first-order valence-electron chi connectivity index (χ1n) is 11.1. The van der Waals surface area contributed by atoms with Gasteiger partial charge in [-0.2, -0.15) is 0 Å². The molecule has 5 atom stereocenters. The smallest absolute Gasteiger partial charge is 0.411 e. The van der Waals surface area contributed by atoms with Gasteiger partial charge < -0.3 is 14.2 Å². The second kappa shape index (κ2) is 9.24. The Kier molecular flexibility index (Phi) is 6.15. The predicted molar refractivity (Wildman–Crippen MR) is 129 cm³/mol. The van der Waals surface area contributed by atoms with Crippen LogP contribution in [0.1, 0.15) is 35.8 Å². The lowest BCUT2D eigenvalue weighted by atomic mass is 9.93. The highest BCUT2D eigenvalue weighted by Gasteiger charge is 2.62. The lowest BCUT2D eigenvalue weighted by molar-refractivity contribution is -0.225. The minimum atomic E-state index is -1.38. The highest BCUT2D eigenvalue weighted by Crippen LogP contribution is 2.49. The van der Waals surface area contributed by atoms with E-state index >= 15 is 0 Å². The summed E-state index contributed by atoms with van der Waals surface area (Å²) in [5, 5.41) is 0. The lowest BCUT2D eigenvalue weighted by Crippen LogP contribution is -2.54. The molecule has 7 heteroatoms. The highest BCUT2D eigenvalue weighted by atomic mass is 79.9. The van der Waals surface area contributed by atoms with E-state index < -0.39 is 40.9 Å². The molecule has 0 bridgehead atoms. The van der Waals surface area contributed by atoms with Gasteiger partial charge in [0, 0.05) is 6.92 Å². The molecular weight excluding hydrogens is 498 g/mol. The van der Waals surface area contributed by atoms with Crippen molar-refractivity contribution >= 4 is 28.0 Å². The molecule has 5 rings (SSSR count). The van der Waals surface area contributed by atoms with Gasteiger partial charge in [-0.05, 0) is 16.7 Å². The van der Waals surface area contributed by atoms with Gasteiger partial charge in [-0.15, -0.1) is 0 Å². The predicted octanol–water partition coefficient (Wildman–Crippen LogP) is 5.54. The van der Waals surface area contributed by atoms with Gasteiger partial charge in [0.1, 0.15) is 16.9 Å². The van der Waals surface area contributed by atoms with Gasteiger partial charge in [0.25, 0.3) is 0 Å². The minimum absolute atomic E-state index is 0.224. The Morgan fingerprint density at radius 3 is 2.06 bits per heavy atom. The summed E-state index contributed by atoms with van der Waals surface area (Å²) < 4.78 is 17.8. The first-order valence-corrected chi connectivity index (χ1v) is 12.0. The number of amides is 1. The number of ether oxygens (including phenoxy) is 3. The molecule has 0 aliphatic carbocycles. The molecule has 3 aromatic rings. The molecule has 0 radical (unpaired) electrons. The molecule has 6 nitrogen and oxygen atoms in total. The second-order valence-electron chi connectivity index (χ2n) is 8.54. The number of carbonyl (C=O) groups excluding carboxylic acids is 2. The molecular formula is C27H24BrNO5. The van der Waals surface area contributed by atoms with Crippen LogP contribution in [0.4, 0.5) is 4.79 Å². The fourth-order valence-corrected chi connectivity index (χ4v) is 5.51. The Morgan fingerprint density at radius 1 is 0.882 bits per heavy atom. The van der Waals surface area contributed by atoms with E-state index in [1.165, 1.54) is 0 Å². The maximum atomic E-state index is 13.4. The summed E-state index contributed by atoms with van der Waals surface area (Å²) in [6, 6.07) is 27.7. The molecule has 0 N–H and O–H groups in total. The Labute approximate surface area is 206 Å². The van der Waals surface area contributed by atoms with Gasteiger partial charge in [-0.25, -0.2) is 4.79 Å². The van der Waals surface area contributed by atoms with Crippen LogP contribution in [0.25, 0.3) is 0 Å². The van der Waals surface area contributed by atoms with Crippen molar-refractivity contribution in [2.24, 2.45) is 0 Å². The summed E-state index contributed by atoms with van der Waals surface area (Å²) in [6.07, 6.45) is -1.07. The van der Waals surface area contributed by atoms with E-state index in [-0.39, 0.29) is 6.61 Å². The van der Waals surface area contributed by atoms with Crippen LogP contribution >= 0.6 is 15.9 Å². The highest BCUT2D eigenvalue weighted by molar-refractivity contribution is 9.10. The molecule has 0 unspecified atom stereocenters. The molecule has 174 valence electrons. The number of carbonyl (C=O) groups is 2. The first kappa shape index (κ1) is 22.6. The van der Waals surface area contributed by atoms with Gasteiger partial charge in [0.05, 0.1) is 6.61 Å². The number of rotatable bonds is 6. The van der Waals surface area contributed by atoms with Crippen LogP contribution in [0.15, 0.2) is 91.0 Å². The van der Waals surface area contributed by atoms with Crippen molar-refractivity contribution in [3.05, 3.63) is 108 Å². The second-order valence-corrected chi connectivity index (χ2v) is 9.52. The zero-order valence-electron chi connectivity index (χ0n) is 18.5. The molecule has 34 heavy (non-hydrogen) atoms. The van der Waals surface area contributed by atoms with Crippen molar-refractivity contribution in [2.75, 3.05) is 0 Å². The normalized spacial score (nSPS) is 28.6. The third-order valence-electron chi connectivity index (χ3n) is 6.31. The number of hydrogen-bond acceptors (Lipinski definition) is 5. The van der Waals surface area contributed by atoms with Crippen LogP contribution < -0.4 is 0 Å². The first-order chi connectivity index (χ1) is 16.5. The Bertz CT molecular complexity index is 1160. The van der Waals surface area contributed by atoms with E-state index in [9.17, 15) is 9.59 Å². The standard InChI is InChI=1S/C27H24BrNO5/c1-27(32-17-18-11-5-2-6-12-18)24(21(28)25(30)34-27)29-22(19-13-7-3-8-14-19)23(33-26(29)31)20-15-9-4-10-16-20/h2-16,21-24H,17H2,1H3/t21-,22+,23-,24+,27+/m0/s1. The zero-order valence-corrected chi connectivity index (χ0v) is 20.1. The van der Waals surface area contributed by atoms with Crippen molar-refractivity contribution in [3.63, 3.8) is 0 Å². The van der Waals surface area contributed by atoms with Crippen molar-refractivity contribution in [1.82, 2.24) is 4.90 Å². The number of nitrogens with zero attached hydrogens (tertiary/aromatic N) is 1. The van der Waals surface area contributed by atoms with E-state index in [0.29, 0.717) is 0 Å². The Hall–Kier alpha value is -3.16. The van der Waals surface area contributed by atoms with Gasteiger partial charge >= 0.3 is 12.1 Å². The van der Waals surface area contributed by atoms with Gasteiger partial charge in [0.15, 0.2) is 6.10 Å². The minimum Gasteiger partial charge on any atom is -0.439 e.